The van der Waals surface area contributed by atoms with Gasteiger partial charge in [-0.15, -0.1) is 0 Å². The van der Waals surface area contributed by atoms with Crippen molar-refractivity contribution in [2.45, 2.75) is 0 Å². The van der Waals surface area contributed by atoms with E-state index in [2.05, 4.69) is 24.4 Å². The predicted octanol–water partition coefficient (Wildman–Crippen LogP) is 0.126. The Bertz CT molecular complexity index is 731. The third kappa shape index (κ3) is 4.21. The number of rotatable bonds is 5. The molecule has 3 aromatic rings. The van der Waals surface area contributed by atoms with E-state index in [1.807, 2.05) is 54.2 Å². The van der Waals surface area contributed by atoms with Crippen LogP contribution in [0.4, 0.5) is 0 Å². The lowest BCUT2D eigenvalue weighted by atomic mass is 10.2. The molecule has 0 saturated heterocycles. The van der Waals surface area contributed by atoms with Gasteiger partial charge in [0.1, 0.15) is 31.8 Å². The number of ether oxygens (including phenoxy) is 2. The number of nitrogens with zero attached hydrogens (tertiary/aromatic N) is 1. The number of pyridine rings is 1. The van der Waals surface area contributed by atoms with Crippen LogP contribution < -0.4 is 31.0 Å². The maximum Gasteiger partial charge on any atom is 0.176 e. The first-order chi connectivity index (χ1) is 10.3. The molecule has 0 spiro atoms. The van der Waals surface area contributed by atoms with Crippen molar-refractivity contribution < 1.29 is 31.0 Å². The van der Waals surface area contributed by atoms with E-state index >= 15 is 0 Å². The van der Waals surface area contributed by atoms with Gasteiger partial charge >= 0.3 is 0 Å². The maximum absolute atomic E-state index is 5.73. The van der Waals surface area contributed by atoms with Crippen molar-refractivity contribution in [3.05, 3.63) is 67.0 Å². The summed E-state index contributed by atoms with van der Waals surface area (Å²) < 4.78 is 13.4. The molecule has 0 aliphatic rings. The van der Waals surface area contributed by atoms with Gasteiger partial charge in [-0.2, -0.15) is 0 Å². The predicted molar refractivity (Wildman–Crippen MR) is 82.6 cm³/mol. The number of aromatic nitrogens is 1. The van der Waals surface area contributed by atoms with Crippen LogP contribution in [0.5, 0.6) is 11.5 Å². The lowest BCUT2D eigenvalue weighted by Gasteiger charge is -2.08. The summed E-state index contributed by atoms with van der Waals surface area (Å²) in [5, 5.41) is 2.38. The van der Waals surface area contributed by atoms with Crippen molar-refractivity contribution in [1.82, 2.24) is 0 Å². The minimum atomic E-state index is 0. The van der Waals surface area contributed by atoms with E-state index in [0.29, 0.717) is 13.2 Å². The summed E-state index contributed by atoms with van der Waals surface area (Å²) in [4.78, 5) is 0. The first-order valence-corrected chi connectivity index (χ1v) is 7.01. The first kappa shape index (κ1) is 16.3. The van der Waals surface area contributed by atoms with Gasteiger partial charge in [0.15, 0.2) is 12.4 Å². The maximum atomic E-state index is 5.73. The minimum absolute atomic E-state index is 0. The molecule has 1 aromatic heterocycles. The summed E-state index contributed by atoms with van der Waals surface area (Å²) >= 11 is 0. The van der Waals surface area contributed by atoms with E-state index in [1.165, 1.54) is 10.8 Å². The number of hydrogen-bond acceptors (Lipinski definition) is 2. The molecule has 0 N–H and O–H groups in total. The smallest absolute Gasteiger partial charge is 0.176 e. The summed E-state index contributed by atoms with van der Waals surface area (Å²) in [5.74, 6) is 1.74. The van der Waals surface area contributed by atoms with Crippen molar-refractivity contribution in [1.29, 1.82) is 0 Å². The van der Waals surface area contributed by atoms with Crippen molar-refractivity contribution in [2.24, 2.45) is 7.05 Å². The van der Waals surface area contributed by atoms with Crippen LogP contribution in [0.2, 0.25) is 0 Å². The Labute approximate surface area is 140 Å². The van der Waals surface area contributed by atoms with Crippen molar-refractivity contribution in [3.63, 3.8) is 0 Å². The second kappa shape index (κ2) is 7.80. The van der Waals surface area contributed by atoms with Crippen LogP contribution in [0.1, 0.15) is 0 Å². The zero-order chi connectivity index (χ0) is 14.5. The zero-order valence-electron chi connectivity index (χ0n) is 12.4. The Kier molecular flexibility index (Phi) is 5.78. The summed E-state index contributed by atoms with van der Waals surface area (Å²) in [7, 11) is 2.02. The van der Waals surface area contributed by atoms with Crippen LogP contribution in [-0.2, 0) is 7.05 Å². The number of para-hydroxylation sites is 1. The highest BCUT2D eigenvalue weighted by Gasteiger charge is 2.01. The quantitative estimate of drug-likeness (QED) is 0.477. The topological polar surface area (TPSA) is 22.3 Å². The van der Waals surface area contributed by atoms with Crippen molar-refractivity contribution >= 4 is 10.8 Å². The van der Waals surface area contributed by atoms with Crippen molar-refractivity contribution in [3.8, 4) is 11.5 Å². The van der Waals surface area contributed by atoms with E-state index < -0.39 is 0 Å². The molecule has 0 fully saturated rings. The Balaban J connectivity index is 0.00000176. The third-order valence-corrected chi connectivity index (χ3v) is 3.25. The molecule has 114 valence electrons. The van der Waals surface area contributed by atoms with Crippen LogP contribution in [0.3, 0.4) is 0 Å². The molecule has 0 aliphatic heterocycles. The second-order valence-corrected chi connectivity index (χ2v) is 4.91. The molecular formula is C18H18BrNO2. The van der Waals surface area contributed by atoms with Crippen LogP contribution in [-0.4, -0.2) is 13.2 Å². The highest BCUT2D eigenvalue weighted by atomic mass is 79.9. The van der Waals surface area contributed by atoms with Gasteiger partial charge in [-0.1, -0.05) is 18.2 Å². The number of hydrogen-bond donors (Lipinski definition) is 0. The molecule has 0 atom stereocenters. The molecule has 3 rings (SSSR count). The van der Waals surface area contributed by atoms with E-state index in [1.54, 1.807) is 0 Å². The largest absolute Gasteiger partial charge is 1.00 e. The Morgan fingerprint density at radius 3 is 2.32 bits per heavy atom. The third-order valence-electron chi connectivity index (χ3n) is 3.25. The van der Waals surface area contributed by atoms with Gasteiger partial charge in [0.05, 0.1) is 0 Å². The molecular weight excluding hydrogens is 342 g/mol. The molecule has 4 heteroatoms. The summed E-state index contributed by atoms with van der Waals surface area (Å²) in [6, 6.07) is 18.0. The highest BCUT2D eigenvalue weighted by Crippen LogP contribution is 2.19. The summed E-state index contributed by atoms with van der Waals surface area (Å²) in [5.41, 5.74) is 0. The second-order valence-electron chi connectivity index (χ2n) is 4.91. The molecule has 1 heterocycles. The SMILES string of the molecule is C[n+]1ccc2cc(OCCOc3ccccc3)ccc2c1.[Br-]. The van der Waals surface area contributed by atoms with Gasteiger partial charge in [-0.05, 0) is 35.7 Å². The zero-order valence-corrected chi connectivity index (χ0v) is 14.0. The van der Waals surface area contributed by atoms with Gasteiger partial charge in [0.2, 0.25) is 0 Å². The van der Waals surface area contributed by atoms with Crippen LogP contribution in [0, 0.1) is 0 Å². The fourth-order valence-electron chi connectivity index (χ4n) is 2.20. The van der Waals surface area contributed by atoms with Gasteiger partial charge in [0, 0.05) is 11.5 Å². The van der Waals surface area contributed by atoms with E-state index in [-0.39, 0.29) is 17.0 Å². The van der Waals surface area contributed by atoms with Crippen molar-refractivity contribution in [2.75, 3.05) is 13.2 Å². The monoisotopic (exact) mass is 359 g/mol. The lowest BCUT2D eigenvalue weighted by molar-refractivity contribution is -0.670. The average Bonchev–Trinajstić information content (AvgIpc) is 2.52. The molecule has 0 unspecified atom stereocenters. The molecule has 3 nitrogen and oxygen atoms in total. The lowest BCUT2D eigenvalue weighted by Crippen LogP contribution is -3.00. The molecule has 0 amide bonds. The first-order valence-electron chi connectivity index (χ1n) is 7.01. The molecule has 0 bridgehead atoms. The Morgan fingerprint density at radius 2 is 1.55 bits per heavy atom. The van der Waals surface area contributed by atoms with E-state index in [0.717, 1.165) is 11.5 Å². The van der Waals surface area contributed by atoms with Crippen LogP contribution in [0.25, 0.3) is 10.8 Å². The van der Waals surface area contributed by atoms with Gasteiger partial charge < -0.3 is 26.5 Å². The van der Waals surface area contributed by atoms with E-state index in [9.17, 15) is 0 Å². The Hall–Kier alpha value is -2.07. The fourth-order valence-corrected chi connectivity index (χ4v) is 2.20. The van der Waals surface area contributed by atoms with E-state index in [4.69, 9.17) is 9.47 Å². The molecule has 2 aromatic carbocycles. The number of benzene rings is 2. The minimum Gasteiger partial charge on any atom is -1.00 e. The summed E-state index contributed by atoms with van der Waals surface area (Å²) in [6.45, 7) is 1.06. The standard InChI is InChI=1S/C18H18NO2.BrH/c1-19-10-9-15-13-18(8-7-16(15)14-19)21-12-11-20-17-5-3-2-4-6-17;/h2-10,13-14H,11-12H2,1H3;1H/q+1;/p-1. The van der Waals surface area contributed by atoms with Gasteiger partial charge in [0.25, 0.3) is 0 Å². The number of aryl methyl sites for hydroxylation is 1. The number of fused-ring (bicyclic) bond motifs is 1. The normalized spacial score (nSPS) is 10.0. The van der Waals surface area contributed by atoms with Crippen LogP contribution >= 0.6 is 0 Å². The number of halogens is 1. The van der Waals surface area contributed by atoms with Gasteiger partial charge in [-0.3, -0.25) is 0 Å². The summed E-state index contributed by atoms with van der Waals surface area (Å²) in [6.07, 6.45) is 4.13. The fraction of sp³-hybridized carbons (Fsp3) is 0.167. The Morgan fingerprint density at radius 1 is 0.818 bits per heavy atom. The molecule has 0 saturated carbocycles. The molecule has 0 radical (unpaired) electrons. The molecule has 0 aliphatic carbocycles. The highest BCUT2D eigenvalue weighted by molar-refractivity contribution is 5.82. The average molecular weight is 360 g/mol. The molecule has 22 heavy (non-hydrogen) atoms. The van der Waals surface area contributed by atoms with Crippen LogP contribution in [0.15, 0.2) is 67.0 Å². The van der Waals surface area contributed by atoms with Gasteiger partial charge in [-0.25, -0.2) is 4.57 Å².